The molecule has 7 heteroatoms. The lowest BCUT2D eigenvalue weighted by Crippen LogP contribution is -2.37. The second-order valence-corrected chi connectivity index (χ2v) is 5.16. The van der Waals surface area contributed by atoms with Gasteiger partial charge in [-0.25, -0.2) is 4.79 Å². The standard InChI is InChI=1S/C8H6O2.C7H13NO4/c9-8-7(10-8)6-4-2-1-3-5-6;1-12-4-8-3-5(9)2-6(8)7(10)11/h1-5,7H;5-6,9H,2-4H2,1H3,(H,10,11)/t;5-,6+/m.1/s1. The molecule has 2 saturated heterocycles. The normalized spacial score (nSPS) is 26.8. The third kappa shape index (κ3) is 4.27. The van der Waals surface area contributed by atoms with E-state index in [1.54, 1.807) is 4.90 Å². The van der Waals surface area contributed by atoms with Crippen molar-refractivity contribution in [1.82, 2.24) is 4.90 Å². The van der Waals surface area contributed by atoms with E-state index in [-0.39, 0.29) is 18.8 Å². The van der Waals surface area contributed by atoms with Gasteiger partial charge in [0.1, 0.15) is 6.04 Å². The molecule has 0 aromatic heterocycles. The minimum atomic E-state index is -0.899. The molecule has 0 amide bonds. The van der Waals surface area contributed by atoms with Crippen molar-refractivity contribution in [3.63, 3.8) is 0 Å². The first-order chi connectivity index (χ1) is 10.5. The van der Waals surface area contributed by atoms with E-state index in [0.717, 1.165) is 5.56 Å². The molecule has 120 valence electrons. The molecule has 2 aliphatic heterocycles. The number of nitrogens with zero attached hydrogens (tertiary/aromatic N) is 1. The number of methoxy groups -OCH3 is 1. The van der Waals surface area contributed by atoms with Crippen LogP contribution in [0, 0.1) is 0 Å². The zero-order chi connectivity index (χ0) is 16.1. The predicted octanol–water partition coefficient (Wildman–Crippen LogP) is 0.395. The number of likely N-dealkylation sites (tertiary alicyclic amines) is 1. The number of hydrogen-bond acceptors (Lipinski definition) is 6. The van der Waals surface area contributed by atoms with Crippen LogP contribution in [0.15, 0.2) is 30.3 Å². The van der Waals surface area contributed by atoms with E-state index in [2.05, 4.69) is 4.74 Å². The van der Waals surface area contributed by atoms with Crippen LogP contribution in [0.4, 0.5) is 0 Å². The Kier molecular flexibility index (Phi) is 5.48. The Morgan fingerprint density at radius 3 is 2.55 bits per heavy atom. The summed E-state index contributed by atoms with van der Waals surface area (Å²) in [5, 5.41) is 17.9. The van der Waals surface area contributed by atoms with E-state index in [9.17, 15) is 14.7 Å². The van der Waals surface area contributed by atoms with E-state index in [4.69, 9.17) is 9.84 Å². The van der Waals surface area contributed by atoms with Crippen LogP contribution >= 0.6 is 0 Å². The van der Waals surface area contributed by atoms with Gasteiger partial charge >= 0.3 is 11.9 Å². The van der Waals surface area contributed by atoms with Crippen LogP contribution < -0.4 is 0 Å². The number of β-amino-alcohol motifs (C(OH)–C–C–N with tert-alkyl or cyclic N) is 1. The maximum Gasteiger partial charge on any atom is 0.353 e. The van der Waals surface area contributed by atoms with Crippen molar-refractivity contribution in [2.24, 2.45) is 0 Å². The van der Waals surface area contributed by atoms with E-state index in [1.807, 2.05) is 30.3 Å². The Morgan fingerprint density at radius 1 is 1.41 bits per heavy atom. The Labute approximate surface area is 128 Å². The Hall–Kier alpha value is -1.96. The molecule has 1 aromatic carbocycles. The fraction of sp³-hybridized carbons (Fsp3) is 0.467. The zero-order valence-electron chi connectivity index (χ0n) is 12.2. The number of rotatable bonds is 4. The molecule has 0 radical (unpaired) electrons. The highest BCUT2D eigenvalue weighted by Crippen LogP contribution is 2.30. The lowest BCUT2D eigenvalue weighted by molar-refractivity contribution is -0.143. The topological polar surface area (TPSA) is 99.6 Å². The van der Waals surface area contributed by atoms with Crippen molar-refractivity contribution in [3.8, 4) is 0 Å². The summed E-state index contributed by atoms with van der Waals surface area (Å²) in [6.45, 7) is 0.638. The van der Waals surface area contributed by atoms with Crippen LogP contribution in [0.3, 0.4) is 0 Å². The van der Waals surface area contributed by atoms with Crippen LogP contribution in [0.5, 0.6) is 0 Å². The van der Waals surface area contributed by atoms with Gasteiger partial charge in [0.2, 0.25) is 6.10 Å². The first-order valence-electron chi connectivity index (χ1n) is 6.92. The minimum absolute atomic E-state index is 0.119. The quantitative estimate of drug-likeness (QED) is 0.776. The molecule has 0 aliphatic carbocycles. The van der Waals surface area contributed by atoms with E-state index >= 15 is 0 Å². The monoisotopic (exact) mass is 309 g/mol. The number of benzene rings is 1. The Balaban J connectivity index is 0.000000162. The number of cyclic esters (lactones) is 1. The summed E-state index contributed by atoms with van der Waals surface area (Å²) in [6.07, 6.45) is -0.513. The molecular formula is C15H19NO6. The second-order valence-electron chi connectivity index (χ2n) is 5.16. The number of aliphatic hydroxyl groups is 1. The van der Waals surface area contributed by atoms with Gasteiger partial charge in [0, 0.05) is 25.6 Å². The number of carboxylic acid groups (broad SMARTS) is 1. The molecule has 1 aromatic rings. The number of epoxide rings is 1. The van der Waals surface area contributed by atoms with E-state index in [0.29, 0.717) is 13.0 Å². The molecular weight excluding hydrogens is 290 g/mol. The van der Waals surface area contributed by atoms with Crippen LogP contribution in [-0.2, 0) is 19.1 Å². The molecule has 2 aliphatic rings. The molecule has 3 atom stereocenters. The smallest absolute Gasteiger partial charge is 0.353 e. The van der Waals surface area contributed by atoms with Gasteiger partial charge in [-0.05, 0) is 0 Å². The first kappa shape index (κ1) is 16.4. The largest absolute Gasteiger partial charge is 0.480 e. The van der Waals surface area contributed by atoms with Gasteiger partial charge in [0.05, 0.1) is 12.8 Å². The van der Waals surface area contributed by atoms with Gasteiger partial charge in [-0.1, -0.05) is 30.3 Å². The van der Waals surface area contributed by atoms with Gasteiger partial charge in [-0.15, -0.1) is 0 Å². The highest BCUT2D eigenvalue weighted by molar-refractivity contribution is 5.88. The molecule has 2 N–H and O–H groups in total. The molecule has 7 nitrogen and oxygen atoms in total. The fourth-order valence-electron chi connectivity index (χ4n) is 2.36. The molecule has 1 unspecified atom stereocenters. The highest BCUT2D eigenvalue weighted by atomic mass is 16.6. The molecule has 22 heavy (non-hydrogen) atoms. The minimum Gasteiger partial charge on any atom is -0.480 e. The summed E-state index contributed by atoms with van der Waals surface area (Å²) in [7, 11) is 1.50. The third-order valence-electron chi connectivity index (χ3n) is 3.45. The number of hydrogen-bond donors (Lipinski definition) is 2. The number of ether oxygens (including phenoxy) is 2. The molecule has 3 rings (SSSR count). The van der Waals surface area contributed by atoms with Crippen molar-refractivity contribution in [3.05, 3.63) is 35.9 Å². The SMILES string of the molecule is COCN1C[C@H](O)C[C@H]1C(=O)O.O=C1OC1c1ccccc1. The maximum absolute atomic E-state index is 10.6. The van der Waals surface area contributed by atoms with Crippen LogP contribution in [0.2, 0.25) is 0 Å². The number of aliphatic hydroxyl groups excluding tert-OH is 1. The molecule has 0 saturated carbocycles. The summed E-state index contributed by atoms with van der Waals surface area (Å²) < 4.78 is 9.47. The van der Waals surface area contributed by atoms with Gasteiger partial charge < -0.3 is 19.7 Å². The van der Waals surface area contributed by atoms with Gasteiger partial charge in [-0.3, -0.25) is 9.69 Å². The molecule has 0 spiro atoms. The summed E-state index contributed by atoms with van der Waals surface area (Å²) in [4.78, 5) is 22.7. The maximum atomic E-state index is 10.6. The zero-order valence-corrected chi connectivity index (χ0v) is 12.2. The molecule has 0 bridgehead atoms. The second kappa shape index (κ2) is 7.35. The number of carbonyl (C=O) groups is 2. The average Bonchev–Trinajstić information content (AvgIpc) is 3.11. The third-order valence-corrected chi connectivity index (χ3v) is 3.45. The number of aliphatic carboxylic acids is 1. The number of carbonyl (C=O) groups excluding carboxylic acids is 1. The van der Waals surface area contributed by atoms with Gasteiger partial charge in [-0.2, -0.15) is 0 Å². The van der Waals surface area contributed by atoms with Gasteiger partial charge in [0.15, 0.2) is 0 Å². The summed E-state index contributed by atoms with van der Waals surface area (Å²) in [5.41, 5.74) is 0.951. The lowest BCUT2D eigenvalue weighted by Gasteiger charge is -2.18. The van der Waals surface area contributed by atoms with Crippen molar-refractivity contribution in [2.45, 2.75) is 24.7 Å². The Morgan fingerprint density at radius 2 is 2.05 bits per heavy atom. The molecule has 2 fully saturated rings. The van der Waals surface area contributed by atoms with Crippen molar-refractivity contribution in [1.29, 1.82) is 0 Å². The van der Waals surface area contributed by atoms with Crippen molar-refractivity contribution in [2.75, 3.05) is 20.4 Å². The fourth-order valence-corrected chi connectivity index (χ4v) is 2.36. The predicted molar refractivity (Wildman–Crippen MR) is 75.9 cm³/mol. The average molecular weight is 309 g/mol. The summed E-state index contributed by atoms with van der Waals surface area (Å²) in [6, 6.07) is 8.87. The van der Waals surface area contributed by atoms with Crippen molar-refractivity contribution >= 4 is 11.9 Å². The molecule has 2 heterocycles. The van der Waals surface area contributed by atoms with Crippen molar-refractivity contribution < 1.29 is 29.3 Å². The van der Waals surface area contributed by atoms with Crippen LogP contribution in [0.1, 0.15) is 18.1 Å². The lowest BCUT2D eigenvalue weighted by atomic mass is 10.2. The highest BCUT2D eigenvalue weighted by Gasteiger charge is 2.39. The Bertz CT molecular complexity index is 520. The van der Waals surface area contributed by atoms with E-state index < -0.39 is 18.1 Å². The van der Waals surface area contributed by atoms with Crippen LogP contribution in [0.25, 0.3) is 0 Å². The van der Waals surface area contributed by atoms with Gasteiger partial charge in [0.25, 0.3) is 0 Å². The van der Waals surface area contributed by atoms with E-state index in [1.165, 1.54) is 7.11 Å². The summed E-state index contributed by atoms with van der Waals surface area (Å²) in [5.74, 6) is -1.02. The number of carboxylic acids is 1. The first-order valence-corrected chi connectivity index (χ1v) is 6.92. The summed E-state index contributed by atoms with van der Waals surface area (Å²) >= 11 is 0. The van der Waals surface area contributed by atoms with Crippen LogP contribution in [-0.4, -0.2) is 59.6 Å².